The number of aromatic nitrogens is 2. The SMILES string of the molecule is O=C(NCCNc1cc(N2CCSCC2)ncn1)c1ccccc1F. The van der Waals surface area contributed by atoms with Crippen LogP contribution in [0, 0.1) is 5.82 Å². The zero-order chi connectivity index (χ0) is 17.5. The van der Waals surface area contributed by atoms with Gasteiger partial charge in [0.05, 0.1) is 5.56 Å². The minimum atomic E-state index is -0.520. The predicted octanol–water partition coefficient (Wildman–Crippen LogP) is 2.01. The fourth-order valence-electron chi connectivity index (χ4n) is 2.52. The van der Waals surface area contributed by atoms with E-state index in [1.54, 1.807) is 12.1 Å². The summed E-state index contributed by atoms with van der Waals surface area (Å²) in [4.78, 5) is 22.7. The highest BCUT2D eigenvalue weighted by Gasteiger charge is 2.13. The summed E-state index contributed by atoms with van der Waals surface area (Å²) in [5.74, 6) is 2.89. The van der Waals surface area contributed by atoms with Gasteiger partial charge in [-0.3, -0.25) is 4.79 Å². The standard InChI is InChI=1S/C17H20FN5OS/c18-14-4-2-1-3-13(14)17(24)20-6-5-19-15-11-16(22-12-21-15)23-7-9-25-10-8-23/h1-4,11-12H,5-10H2,(H,20,24)(H,19,21,22). The first-order valence-electron chi connectivity index (χ1n) is 8.15. The number of amides is 1. The fraction of sp³-hybridized carbons (Fsp3) is 0.353. The molecule has 0 unspecified atom stereocenters. The van der Waals surface area contributed by atoms with Crippen LogP contribution in [-0.4, -0.2) is 53.6 Å². The molecule has 0 saturated carbocycles. The number of benzene rings is 1. The minimum absolute atomic E-state index is 0.0507. The summed E-state index contributed by atoms with van der Waals surface area (Å²) in [5.41, 5.74) is 0.0507. The number of hydrogen-bond donors (Lipinski definition) is 2. The summed E-state index contributed by atoms with van der Waals surface area (Å²) in [7, 11) is 0. The van der Waals surface area contributed by atoms with Gasteiger partial charge < -0.3 is 15.5 Å². The molecule has 8 heteroatoms. The quantitative estimate of drug-likeness (QED) is 0.767. The lowest BCUT2D eigenvalue weighted by molar-refractivity contribution is 0.0951. The van der Waals surface area contributed by atoms with Crippen molar-refractivity contribution in [1.29, 1.82) is 0 Å². The third-order valence-electron chi connectivity index (χ3n) is 3.82. The van der Waals surface area contributed by atoms with E-state index in [4.69, 9.17) is 0 Å². The molecule has 132 valence electrons. The number of halogens is 1. The summed E-state index contributed by atoms with van der Waals surface area (Å²) in [6.07, 6.45) is 1.54. The van der Waals surface area contributed by atoms with Crippen LogP contribution >= 0.6 is 11.8 Å². The van der Waals surface area contributed by atoms with E-state index in [1.165, 1.54) is 18.5 Å². The van der Waals surface area contributed by atoms with E-state index in [1.807, 2.05) is 17.8 Å². The molecule has 0 aliphatic carbocycles. The van der Waals surface area contributed by atoms with Gasteiger partial charge in [0.1, 0.15) is 23.8 Å². The number of nitrogens with one attached hydrogen (secondary N) is 2. The highest BCUT2D eigenvalue weighted by atomic mass is 32.2. The predicted molar refractivity (Wildman–Crippen MR) is 98.8 cm³/mol. The Labute approximate surface area is 150 Å². The zero-order valence-corrected chi connectivity index (χ0v) is 14.6. The Morgan fingerprint density at radius 3 is 2.80 bits per heavy atom. The Hall–Kier alpha value is -2.35. The van der Waals surface area contributed by atoms with Crippen molar-refractivity contribution in [1.82, 2.24) is 15.3 Å². The van der Waals surface area contributed by atoms with Gasteiger partial charge in [-0.2, -0.15) is 11.8 Å². The molecule has 25 heavy (non-hydrogen) atoms. The molecule has 1 aliphatic heterocycles. The van der Waals surface area contributed by atoms with Crippen molar-refractivity contribution in [2.45, 2.75) is 0 Å². The van der Waals surface area contributed by atoms with Gasteiger partial charge in [-0.15, -0.1) is 0 Å². The van der Waals surface area contributed by atoms with Crippen LogP contribution in [0.2, 0.25) is 0 Å². The monoisotopic (exact) mass is 361 g/mol. The Morgan fingerprint density at radius 1 is 1.20 bits per heavy atom. The molecule has 0 atom stereocenters. The third-order valence-corrected chi connectivity index (χ3v) is 4.77. The maximum Gasteiger partial charge on any atom is 0.254 e. The molecule has 1 aliphatic rings. The lowest BCUT2D eigenvalue weighted by Gasteiger charge is -2.27. The maximum atomic E-state index is 13.5. The van der Waals surface area contributed by atoms with E-state index in [0.717, 1.165) is 30.4 Å². The number of carbonyl (C=O) groups is 1. The molecular weight excluding hydrogens is 341 g/mol. The first-order valence-corrected chi connectivity index (χ1v) is 9.31. The van der Waals surface area contributed by atoms with E-state index in [0.29, 0.717) is 18.9 Å². The number of rotatable bonds is 6. The van der Waals surface area contributed by atoms with Crippen LogP contribution in [0.15, 0.2) is 36.7 Å². The van der Waals surface area contributed by atoms with Gasteiger partial charge in [0.25, 0.3) is 5.91 Å². The average molecular weight is 361 g/mol. The van der Waals surface area contributed by atoms with Crippen molar-refractivity contribution >= 4 is 29.3 Å². The molecular formula is C17H20FN5OS. The minimum Gasteiger partial charge on any atom is -0.368 e. The highest BCUT2D eigenvalue weighted by Crippen LogP contribution is 2.18. The molecule has 1 aromatic heterocycles. The number of hydrogen-bond acceptors (Lipinski definition) is 6. The summed E-state index contributed by atoms with van der Waals surface area (Å²) >= 11 is 1.95. The van der Waals surface area contributed by atoms with Crippen molar-refractivity contribution in [2.24, 2.45) is 0 Å². The van der Waals surface area contributed by atoms with Crippen LogP contribution in [0.5, 0.6) is 0 Å². The van der Waals surface area contributed by atoms with Crippen LogP contribution in [-0.2, 0) is 0 Å². The van der Waals surface area contributed by atoms with Crippen LogP contribution < -0.4 is 15.5 Å². The number of nitrogens with zero attached hydrogens (tertiary/aromatic N) is 3. The molecule has 1 saturated heterocycles. The van der Waals surface area contributed by atoms with Crippen molar-refractivity contribution in [3.05, 3.63) is 48.0 Å². The smallest absolute Gasteiger partial charge is 0.254 e. The summed E-state index contributed by atoms with van der Waals surface area (Å²) < 4.78 is 13.5. The topological polar surface area (TPSA) is 70.2 Å². The molecule has 2 aromatic rings. The maximum absolute atomic E-state index is 13.5. The van der Waals surface area contributed by atoms with E-state index in [-0.39, 0.29) is 5.56 Å². The molecule has 2 heterocycles. The second kappa shape index (κ2) is 8.66. The van der Waals surface area contributed by atoms with Crippen LogP contribution in [0.1, 0.15) is 10.4 Å². The van der Waals surface area contributed by atoms with Crippen LogP contribution in [0.4, 0.5) is 16.0 Å². The van der Waals surface area contributed by atoms with Crippen LogP contribution in [0.3, 0.4) is 0 Å². The second-order valence-corrected chi connectivity index (χ2v) is 6.75. The van der Waals surface area contributed by atoms with Gasteiger partial charge in [-0.1, -0.05) is 12.1 Å². The van der Waals surface area contributed by atoms with Gasteiger partial charge in [-0.05, 0) is 12.1 Å². The molecule has 2 N–H and O–H groups in total. The largest absolute Gasteiger partial charge is 0.368 e. The van der Waals surface area contributed by atoms with Gasteiger partial charge in [-0.25, -0.2) is 14.4 Å². The van der Waals surface area contributed by atoms with E-state index >= 15 is 0 Å². The third kappa shape index (κ3) is 4.82. The molecule has 0 radical (unpaired) electrons. The van der Waals surface area contributed by atoms with E-state index in [9.17, 15) is 9.18 Å². The second-order valence-electron chi connectivity index (χ2n) is 5.52. The highest BCUT2D eigenvalue weighted by molar-refractivity contribution is 7.99. The summed E-state index contributed by atoms with van der Waals surface area (Å²) in [6.45, 7) is 2.83. The lowest BCUT2D eigenvalue weighted by Crippen LogP contribution is -2.33. The lowest BCUT2D eigenvalue weighted by atomic mass is 10.2. The average Bonchev–Trinajstić information content (AvgIpc) is 2.66. The summed E-state index contributed by atoms with van der Waals surface area (Å²) in [6, 6.07) is 7.84. The fourth-order valence-corrected chi connectivity index (χ4v) is 3.42. The first kappa shape index (κ1) is 17.5. The van der Waals surface area contributed by atoms with Crippen molar-refractivity contribution < 1.29 is 9.18 Å². The van der Waals surface area contributed by atoms with Crippen molar-refractivity contribution in [3.8, 4) is 0 Å². The van der Waals surface area contributed by atoms with Crippen LogP contribution in [0.25, 0.3) is 0 Å². The van der Waals surface area contributed by atoms with Gasteiger partial charge >= 0.3 is 0 Å². The number of carbonyl (C=O) groups excluding carboxylic acids is 1. The van der Waals surface area contributed by atoms with Gasteiger partial charge in [0.15, 0.2) is 0 Å². The molecule has 1 amide bonds. The van der Waals surface area contributed by atoms with Crippen molar-refractivity contribution in [3.63, 3.8) is 0 Å². The number of anilines is 2. The number of thioether (sulfide) groups is 1. The van der Waals surface area contributed by atoms with E-state index < -0.39 is 11.7 Å². The molecule has 0 spiro atoms. The molecule has 1 aromatic carbocycles. The van der Waals surface area contributed by atoms with Crippen molar-refractivity contribution in [2.75, 3.05) is 47.9 Å². The summed E-state index contributed by atoms with van der Waals surface area (Å²) in [5, 5.41) is 5.84. The molecule has 1 fully saturated rings. The molecule has 0 bridgehead atoms. The Bertz CT molecular complexity index is 724. The Morgan fingerprint density at radius 2 is 2.00 bits per heavy atom. The normalized spacial score (nSPS) is 14.2. The van der Waals surface area contributed by atoms with Gasteiger partial charge in [0, 0.05) is 43.8 Å². The van der Waals surface area contributed by atoms with Gasteiger partial charge in [0.2, 0.25) is 0 Å². The first-order chi connectivity index (χ1) is 12.2. The Balaban J connectivity index is 1.47. The Kier molecular flexibility index (Phi) is 6.05. The van der Waals surface area contributed by atoms with E-state index in [2.05, 4.69) is 25.5 Å². The molecule has 3 rings (SSSR count). The molecule has 6 nitrogen and oxygen atoms in total. The zero-order valence-electron chi connectivity index (χ0n) is 13.7.